The number of nitrogens with one attached hydrogen (secondary N) is 1. The summed E-state index contributed by atoms with van der Waals surface area (Å²) in [5.41, 5.74) is -0.335. The molecule has 3 N–H and O–H groups in total. The Hall–Kier alpha value is -1.43. The molecule has 18 heavy (non-hydrogen) atoms. The van der Waals surface area contributed by atoms with Crippen LogP contribution < -0.4 is 5.32 Å². The summed E-state index contributed by atoms with van der Waals surface area (Å²) in [7, 11) is 1.44. The normalized spacial score (nSPS) is 13.1. The van der Waals surface area contributed by atoms with E-state index in [0.717, 1.165) is 5.56 Å². The molecule has 0 spiro atoms. The summed E-state index contributed by atoms with van der Waals surface area (Å²) in [6, 6.07) is 9.03. The van der Waals surface area contributed by atoms with Crippen molar-refractivity contribution in [1.82, 2.24) is 5.32 Å². The number of amides is 1. The zero-order chi connectivity index (χ0) is 13.6. The van der Waals surface area contributed by atoms with Gasteiger partial charge in [-0.2, -0.15) is 0 Å². The third-order valence-electron chi connectivity index (χ3n) is 2.70. The van der Waals surface area contributed by atoms with E-state index in [1.807, 2.05) is 18.2 Å². The van der Waals surface area contributed by atoms with Crippen molar-refractivity contribution in [1.29, 1.82) is 0 Å². The molecular formula is C13H19NO4. The maximum atomic E-state index is 12.0. The fraction of sp³-hybridized carbons (Fsp3) is 0.462. The lowest BCUT2D eigenvalue weighted by atomic mass is 10.0. The Balaban J connectivity index is 2.81. The highest BCUT2D eigenvalue weighted by molar-refractivity contribution is 5.82. The molecule has 0 bridgehead atoms. The molecule has 0 saturated carbocycles. The quantitative estimate of drug-likeness (QED) is 0.678. The van der Waals surface area contributed by atoms with Gasteiger partial charge in [-0.25, -0.2) is 0 Å². The van der Waals surface area contributed by atoms with Gasteiger partial charge in [-0.15, -0.1) is 0 Å². The third kappa shape index (κ3) is 3.53. The van der Waals surface area contributed by atoms with Crippen molar-refractivity contribution >= 4 is 5.91 Å². The fourth-order valence-electron chi connectivity index (χ4n) is 1.51. The summed E-state index contributed by atoms with van der Waals surface area (Å²) in [4.78, 5) is 12.0. The number of hydrogen-bond acceptors (Lipinski definition) is 4. The van der Waals surface area contributed by atoms with Gasteiger partial charge in [-0.05, 0) is 12.5 Å². The van der Waals surface area contributed by atoms with Crippen molar-refractivity contribution in [2.45, 2.75) is 18.6 Å². The van der Waals surface area contributed by atoms with E-state index in [9.17, 15) is 4.79 Å². The van der Waals surface area contributed by atoms with Crippen LogP contribution in [-0.4, -0.2) is 42.0 Å². The monoisotopic (exact) mass is 253 g/mol. The van der Waals surface area contributed by atoms with E-state index in [1.165, 1.54) is 7.11 Å². The van der Waals surface area contributed by atoms with Gasteiger partial charge in [0.25, 0.3) is 5.91 Å². The first-order valence-electron chi connectivity index (χ1n) is 5.68. The van der Waals surface area contributed by atoms with Crippen LogP contribution >= 0.6 is 0 Å². The van der Waals surface area contributed by atoms with Crippen LogP contribution in [0.25, 0.3) is 0 Å². The van der Waals surface area contributed by atoms with Gasteiger partial charge in [0.15, 0.2) is 6.10 Å². The average Bonchev–Trinajstić information content (AvgIpc) is 2.40. The second kappa shape index (κ2) is 6.49. The number of aliphatic hydroxyl groups excluding tert-OH is 2. The molecule has 5 heteroatoms. The molecule has 1 aromatic rings. The smallest absolute Gasteiger partial charge is 0.254 e. The van der Waals surface area contributed by atoms with Gasteiger partial charge in [0, 0.05) is 7.11 Å². The standard InChI is InChI=1S/C13H19NO4/c1-13(8-15,9-16)14-12(17)11(18-2)10-6-4-3-5-7-10/h3-7,11,15-16H,8-9H2,1-2H3,(H,14,17). The maximum absolute atomic E-state index is 12.0. The molecule has 0 aromatic heterocycles. The summed E-state index contributed by atoms with van der Waals surface area (Å²) < 4.78 is 5.16. The third-order valence-corrected chi connectivity index (χ3v) is 2.70. The van der Waals surface area contributed by atoms with Gasteiger partial charge >= 0.3 is 0 Å². The Labute approximate surface area is 106 Å². The topological polar surface area (TPSA) is 78.8 Å². The molecule has 0 aliphatic carbocycles. The van der Waals surface area contributed by atoms with Gasteiger partial charge in [-0.3, -0.25) is 4.79 Å². The lowest BCUT2D eigenvalue weighted by Gasteiger charge is -2.28. The summed E-state index contributed by atoms with van der Waals surface area (Å²) in [5, 5.41) is 20.9. The average molecular weight is 253 g/mol. The highest BCUT2D eigenvalue weighted by Gasteiger charge is 2.29. The summed E-state index contributed by atoms with van der Waals surface area (Å²) in [5.74, 6) is -0.394. The van der Waals surface area contributed by atoms with Crippen molar-refractivity contribution in [3.05, 3.63) is 35.9 Å². The van der Waals surface area contributed by atoms with Crippen LogP contribution in [-0.2, 0) is 9.53 Å². The minimum absolute atomic E-state index is 0.347. The molecule has 1 amide bonds. The molecule has 1 aromatic carbocycles. The van der Waals surface area contributed by atoms with Crippen LogP contribution in [0, 0.1) is 0 Å². The van der Waals surface area contributed by atoms with E-state index in [-0.39, 0.29) is 13.2 Å². The van der Waals surface area contributed by atoms with Crippen LogP contribution in [0.2, 0.25) is 0 Å². The van der Waals surface area contributed by atoms with Crippen molar-refractivity contribution in [3.8, 4) is 0 Å². The van der Waals surface area contributed by atoms with Crippen molar-refractivity contribution in [3.63, 3.8) is 0 Å². The number of rotatable bonds is 6. The summed E-state index contributed by atoms with van der Waals surface area (Å²) >= 11 is 0. The highest BCUT2D eigenvalue weighted by Crippen LogP contribution is 2.17. The van der Waals surface area contributed by atoms with Crippen LogP contribution in [0.15, 0.2) is 30.3 Å². The number of carbonyl (C=O) groups excluding carboxylic acids is 1. The van der Waals surface area contributed by atoms with Crippen molar-refractivity contribution in [2.24, 2.45) is 0 Å². The first-order valence-corrected chi connectivity index (χ1v) is 5.68. The van der Waals surface area contributed by atoms with E-state index >= 15 is 0 Å². The number of benzene rings is 1. The molecule has 0 aliphatic heterocycles. The first-order chi connectivity index (χ1) is 8.56. The van der Waals surface area contributed by atoms with Crippen LogP contribution in [0.1, 0.15) is 18.6 Å². The number of carbonyl (C=O) groups is 1. The molecule has 1 rings (SSSR count). The zero-order valence-corrected chi connectivity index (χ0v) is 10.6. The van der Waals surface area contributed by atoms with E-state index in [0.29, 0.717) is 0 Å². The molecule has 0 saturated heterocycles. The van der Waals surface area contributed by atoms with Crippen LogP contribution in [0.5, 0.6) is 0 Å². The predicted molar refractivity (Wildman–Crippen MR) is 66.9 cm³/mol. The Morgan fingerprint density at radius 1 is 1.33 bits per heavy atom. The molecule has 0 heterocycles. The molecule has 1 unspecified atom stereocenters. The number of ether oxygens (including phenoxy) is 1. The molecular weight excluding hydrogens is 234 g/mol. The Morgan fingerprint density at radius 3 is 2.33 bits per heavy atom. The van der Waals surface area contributed by atoms with Crippen LogP contribution in [0.3, 0.4) is 0 Å². The zero-order valence-electron chi connectivity index (χ0n) is 10.6. The number of methoxy groups -OCH3 is 1. The van der Waals surface area contributed by atoms with Crippen molar-refractivity contribution in [2.75, 3.05) is 20.3 Å². The van der Waals surface area contributed by atoms with E-state index in [2.05, 4.69) is 5.32 Å². The molecule has 100 valence electrons. The molecule has 0 fully saturated rings. The minimum atomic E-state index is -1.05. The lowest BCUT2D eigenvalue weighted by molar-refractivity contribution is -0.134. The maximum Gasteiger partial charge on any atom is 0.254 e. The van der Waals surface area contributed by atoms with Gasteiger partial charge in [0.1, 0.15) is 0 Å². The number of aliphatic hydroxyl groups is 2. The van der Waals surface area contributed by atoms with E-state index < -0.39 is 17.6 Å². The molecule has 1 atom stereocenters. The summed E-state index contributed by atoms with van der Waals surface area (Å²) in [6.07, 6.45) is -0.761. The SMILES string of the molecule is COC(C(=O)NC(C)(CO)CO)c1ccccc1. The summed E-state index contributed by atoms with van der Waals surface area (Å²) in [6.45, 7) is 0.865. The van der Waals surface area contributed by atoms with E-state index in [4.69, 9.17) is 14.9 Å². The Kier molecular flexibility index (Phi) is 5.27. The van der Waals surface area contributed by atoms with E-state index in [1.54, 1.807) is 19.1 Å². The number of hydrogen-bond donors (Lipinski definition) is 3. The van der Waals surface area contributed by atoms with Gasteiger partial charge in [0.2, 0.25) is 0 Å². The van der Waals surface area contributed by atoms with Gasteiger partial charge in [0.05, 0.1) is 18.8 Å². The fourth-order valence-corrected chi connectivity index (χ4v) is 1.51. The largest absolute Gasteiger partial charge is 0.394 e. The molecule has 5 nitrogen and oxygen atoms in total. The Bertz CT molecular complexity index is 376. The lowest BCUT2D eigenvalue weighted by Crippen LogP contribution is -2.53. The molecule has 0 aliphatic rings. The predicted octanol–water partition coefficient (Wildman–Crippen LogP) is 0.234. The van der Waals surface area contributed by atoms with Crippen molar-refractivity contribution < 1.29 is 19.7 Å². The Morgan fingerprint density at radius 2 is 1.89 bits per heavy atom. The van der Waals surface area contributed by atoms with Gasteiger partial charge < -0.3 is 20.3 Å². The van der Waals surface area contributed by atoms with Gasteiger partial charge in [-0.1, -0.05) is 30.3 Å². The second-order valence-electron chi connectivity index (χ2n) is 4.39. The van der Waals surface area contributed by atoms with Crippen LogP contribution in [0.4, 0.5) is 0 Å². The minimum Gasteiger partial charge on any atom is -0.394 e. The second-order valence-corrected chi connectivity index (χ2v) is 4.39. The highest BCUT2D eigenvalue weighted by atomic mass is 16.5. The first kappa shape index (κ1) is 14.6. The molecule has 0 radical (unpaired) electrons.